The van der Waals surface area contributed by atoms with Gasteiger partial charge in [0.05, 0.1) is 22.7 Å². The van der Waals surface area contributed by atoms with Crippen LogP contribution in [0.25, 0.3) is 0 Å². The molecule has 0 aromatic heterocycles. The maximum Gasteiger partial charge on any atom is 0.180 e. The normalized spacial score (nSPS) is 14.8. The molecule has 0 bridgehead atoms. The minimum atomic E-state index is -0.445. The van der Waals surface area contributed by atoms with E-state index < -0.39 is 5.82 Å². The highest BCUT2D eigenvalue weighted by atomic mass is 79.9. The zero-order valence-electron chi connectivity index (χ0n) is 9.43. The van der Waals surface area contributed by atoms with Gasteiger partial charge in [0.25, 0.3) is 0 Å². The molecule has 0 radical (unpaired) electrons. The summed E-state index contributed by atoms with van der Waals surface area (Å²) in [5, 5.41) is 2.76. The van der Waals surface area contributed by atoms with Crippen LogP contribution in [0.2, 0.25) is 0 Å². The highest BCUT2D eigenvalue weighted by molar-refractivity contribution is 9.10. The monoisotopic (exact) mass is 301 g/mol. The first kappa shape index (κ1) is 12.5. The van der Waals surface area contributed by atoms with E-state index in [1.165, 1.54) is 12.1 Å². The van der Waals surface area contributed by atoms with Crippen LogP contribution in [0.3, 0.4) is 0 Å². The summed E-state index contributed by atoms with van der Waals surface area (Å²) >= 11 is 3.24. The predicted molar refractivity (Wildman–Crippen MR) is 66.0 cm³/mol. The van der Waals surface area contributed by atoms with Crippen molar-refractivity contribution in [2.45, 2.75) is 18.9 Å². The van der Waals surface area contributed by atoms with Crippen molar-refractivity contribution in [2.75, 3.05) is 13.6 Å². The summed E-state index contributed by atoms with van der Waals surface area (Å²) in [6, 6.07) is 2.54. The number of halogens is 2. The molecule has 92 valence electrons. The summed E-state index contributed by atoms with van der Waals surface area (Å²) in [5.41, 5.74) is 0.290. The first-order chi connectivity index (χ1) is 8.11. The number of carbonyl (C=O) groups is 1. The maximum absolute atomic E-state index is 13.3. The molecule has 2 rings (SSSR count). The average Bonchev–Trinajstić information content (AvgIpc) is 3.05. The quantitative estimate of drug-likeness (QED) is 0.850. The van der Waals surface area contributed by atoms with Gasteiger partial charge >= 0.3 is 0 Å². The smallest absolute Gasteiger partial charge is 0.180 e. The molecular formula is C12H13BrFNO2. The number of likely N-dealkylation sites (N-methyl/N-ethyl adjacent to an activating group) is 1. The van der Waals surface area contributed by atoms with Gasteiger partial charge in [0.15, 0.2) is 5.78 Å². The van der Waals surface area contributed by atoms with Crippen LogP contribution < -0.4 is 10.1 Å². The van der Waals surface area contributed by atoms with Crippen molar-refractivity contribution in [3.8, 4) is 5.75 Å². The minimum Gasteiger partial charge on any atom is -0.488 e. The van der Waals surface area contributed by atoms with Crippen LogP contribution >= 0.6 is 15.9 Å². The van der Waals surface area contributed by atoms with Gasteiger partial charge < -0.3 is 10.1 Å². The van der Waals surface area contributed by atoms with Gasteiger partial charge in [0.2, 0.25) is 0 Å². The Hall–Kier alpha value is -0.940. The third-order valence-corrected chi connectivity index (χ3v) is 3.04. The Labute approximate surface area is 107 Å². The van der Waals surface area contributed by atoms with Gasteiger partial charge in [0.1, 0.15) is 11.6 Å². The van der Waals surface area contributed by atoms with Crippen LogP contribution in [-0.2, 0) is 0 Å². The van der Waals surface area contributed by atoms with Gasteiger partial charge in [-0.25, -0.2) is 4.39 Å². The topological polar surface area (TPSA) is 38.3 Å². The SMILES string of the molecule is CNCC(=O)c1cc(F)cc(Br)c1OC1CC1. The molecule has 0 unspecified atom stereocenters. The fraction of sp³-hybridized carbons (Fsp3) is 0.417. The Bertz CT molecular complexity index is 446. The van der Waals surface area contributed by atoms with Crippen molar-refractivity contribution in [2.24, 2.45) is 0 Å². The van der Waals surface area contributed by atoms with Gasteiger partial charge in [-0.05, 0) is 48.0 Å². The molecule has 0 amide bonds. The summed E-state index contributed by atoms with van der Waals surface area (Å²) in [4.78, 5) is 11.8. The van der Waals surface area contributed by atoms with Crippen molar-refractivity contribution in [3.05, 3.63) is 28.0 Å². The number of nitrogens with one attached hydrogen (secondary N) is 1. The Morgan fingerprint density at radius 3 is 2.88 bits per heavy atom. The molecule has 0 atom stereocenters. The highest BCUT2D eigenvalue weighted by Crippen LogP contribution is 2.35. The van der Waals surface area contributed by atoms with Crippen molar-refractivity contribution in [1.82, 2.24) is 5.32 Å². The molecule has 3 nitrogen and oxygen atoms in total. The van der Waals surface area contributed by atoms with E-state index in [-0.39, 0.29) is 24.0 Å². The summed E-state index contributed by atoms with van der Waals surface area (Å²) in [7, 11) is 1.67. The molecule has 1 aliphatic carbocycles. The predicted octanol–water partition coefficient (Wildman–Crippen LogP) is 2.53. The molecule has 1 aromatic rings. The largest absolute Gasteiger partial charge is 0.488 e. The summed E-state index contributed by atoms with van der Waals surface area (Å²) in [5.74, 6) is -0.169. The van der Waals surface area contributed by atoms with E-state index >= 15 is 0 Å². The number of ketones is 1. The van der Waals surface area contributed by atoms with Gasteiger partial charge in [-0.1, -0.05) is 0 Å². The second-order valence-electron chi connectivity index (χ2n) is 4.04. The summed E-state index contributed by atoms with van der Waals surface area (Å²) in [6.45, 7) is 0.164. The lowest BCUT2D eigenvalue weighted by Gasteiger charge is -2.12. The van der Waals surface area contributed by atoms with E-state index in [1.54, 1.807) is 7.05 Å². The Morgan fingerprint density at radius 1 is 1.59 bits per heavy atom. The first-order valence-corrected chi connectivity index (χ1v) is 6.24. The average molecular weight is 302 g/mol. The van der Waals surface area contributed by atoms with E-state index in [2.05, 4.69) is 21.2 Å². The molecule has 1 N–H and O–H groups in total. The van der Waals surface area contributed by atoms with E-state index in [9.17, 15) is 9.18 Å². The van der Waals surface area contributed by atoms with Crippen LogP contribution in [0.4, 0.5) is 4.39 Å². The van der Waals surface area contributed by atoms with Crippen molar-refractivity contribution in [3.63, 3.8) is 0 Å². The van der Waals surface area contributed by atoms with Crippen molar-refractivity contribution >= 4 is 21.7 Å². The van der Waals surface area contributed by atoms with Crippen LogP contribution in [0, 0.1) is 5.82 Å². The van der Waals surface area contributed by atoms with Gasteiger partial charge in [-0.3, -0.25) is 4.79 Å². The van der Waals surface area contributed by atoms with E-state index in [0.29, 0.717) is 10.2 Å². The Kier molecular flexibility index (Phi) is 3.79. The van der Waals surface area contributed by atoms with Crippen LogP contribution in [0.15, 0.2) is 16.6 Å². The van der Waals surface area contributed by atoms with Gasteiger partial charge in [-0.15, -0.1) is 0 Å². The zero-order chi connectivity index (χ0) is 12.4. The molecule has 5 heteroatoms. The van der Waals surface area contributed by atoms with Gasteiger partial charge in [-0.2, -0.15) is 0 Å². The summed E-state index contributed by atoms with van der Waals surface area (Å²) in [6.07, 6.45) is 2.14. The van der Waals surface area contributed by atoms with E-state index in [0.717, 1.165) is 12.8 Å². The number of ether oxygens (including phenoxy) is 1. The molecule has 0 spiro atoms. The first-order valence-electron chi connectivity index (χ1n) is 5.45. The second kappa shape index (κ2) is 5.14. The Morgan fingerprint density at radius 2 is 2.29 bits per heavy atom. The lowest BCUT2D eigenvalue weighted by Crippen LogP contribution is -2.20. The molecule has 0 heterocycles. The lowest BCUT2D eigenvalue weighted by atomic mass is 10.1. The third-order valence-electron chi connectivity index (χ3n) is 2.46. The molecule has 1 aromatic carbocycles. The van der Waals surface area contributed by atoms with Crippen molar-refractivity contribution < 1.29 is 13.9 Å². The summed E-state index contributed by atoms with van der Waals surface area (Å²) < 4.78 is 19.4. The van der Waals surface area contributed by atoms with E-state index in [4.69, 9.17) is 4.74 Å². The fourth-order valence-electron chi connectivity index (χ4n) is 1.50. The number of rotatable bonds is 5. The van der Waals surface area contributed by atoms with Crippen LogP contribution in [0.5, 0.6) is 5.75 Å². The molecule has 1 aliphatic rings. The molecular weight excluding hydrogens is 289 g/mol. The van der Waals surface area contributed by atoms with E-state index in [1.807, 2.05) is 0 Å². The molecule has 0 saturated heterocycles. The van der Waals surface area contributed by atoms with Crippen molar-refractivity contribution in [1.29, 1.82) is 0 Å². The molecule has 17 heavy (non-hydrogen) atoms. The number of hydrogen-bond donors (Lipinski definition) is 1. The highest BCUT2D eigenvalue weighted by Gasteiger charge is 2.27. The van der Waals surface area contributed by atoms with Gasteiger partial charge in [0, 0.05) is 0 Å². The number of hydrogen-bond acceptors (Lipinski definition) is 3. The van der Waals surface area contributed by atoms with Crippen LogP contribution in [-0.4, -0.2) is 25.5 Å². The fourth-order valence-corrected chi connectivity index (χ4v) is 2.02. The van der Waals surface area contributed by atoms with Crippen LogP contribution in [0.1, 0.15) is 23.2 Å². The molecule has 0 aliphatic heterocycles. The standard InChI is InChI=1S/C12H13BrFNO2/c1-15-6-11(16)9-4-7(14)5-10(13)12(9)17-8-2-3-8/h4-5,8,15H,2-3,6H2,1H3. The zero-order valence-corrected chi connectivity index (χ0v) is 11.0. The number of benzene rings is 1. The molecule has 1 fully saturated rings. The second-order valence-corrected chi connectivity index (χ2v) is 4.89. The Balaban J connectivity index is 2.34. The minimum absolute atomic E-state index is 0.164. The maximum atomic E-state index is 13.3. The number of Topliss-reactive ketones (excluding diaryl/α,β-unsaturated/α-hetero) is 1. The third kappa shape index (κ3) is 3.04. The lowest BCUT2D eigenvalue weighted by molar-refractivity contribution is 0.0988. The molecule has 1 saturated carbocycles. The number of carbonyl (C=O) groups excluding carboxylic acids is 1.